The van der Waals surface area contributed by atoms with Crippen LogP contribution in [-0.2, 0) is 4.79 Å². The summed E-state index contributed by atoms with van der Waals surface area (Å²) in [5, 5.41) is 29.9. The Kier molecular flexibility index (Phi) is 6.23. The molecule has 0 radical (unpaired) electrons. The molecule has 0 bridgehead atoms. The summed E-state index contributed by atoms with van der Waals surface area (Å²) in [5.41, 5.74) is 2.07. The predicted molar refractivity (Wildman–Crippen MR) is 106 cm³/mol. The Hall–Kier alpha value is -2.68. The molecule has 1 aliphatic heterocycles. The van der Waals surface area contributed by atoms with E-state index in [1.165, 1.54) is 18.5 Å². The van der Waals surface area contributed by atoms with E-state index in [1.807, 2.05) is 24.3 Å². The maximum absolute atomic E-state index is 12.2. The van der Waals surface area contributed by atoms with E-state index in [1.54, 1.807) is 6.08 Å². The molecule has 2 aromatic rings. The molecule has 140 valence electrons. The third-order valence-electron chi connectivity index (χ3n) is 4.98. The number of aliphatic hydroxyl groups is 2. The van der Waals surface area contributed by atoms with Gasteiger partial charge in [-0.05, 0) is 48.4 Å². The van der Waals surface area contributed by atoms with Gasteiger partial charge < -0.3 is 15.1 Å². The molecule has 0 spiro atoms. The molecule has 0 saturated carbocycles. The maximum atomic E-state index is 12.2. The van der Waals surface area contributed by atoms with Crippen LogP contribution in [0.3, 0.4) is 0 Å². The van der Waals surface area contributed by atoms with Crippen LogP contribution in [0, 0.1) is 11.3 Å². The minimum atomic E-state index is -0.933. The monoisotopic (exact) mass is 364 g/mol. The molecule has 27 heavy (non-hydrogen) atoms. The molecule has 1 unspecified atom stereocenters. The van der Waals surface area contributed by atoms with Gasteiger partial charge in [0.15, 0.2) is 5.78 Å². The number of allylic oxidation sites excluding steroid dienone is 1. The summed E-state index contributed by atoms with van der Waals surface area (Å²) in [6.45, 7) is 1.71. The highest BCUT2D eigenvalue weighted by molar-refractivity contribution is 6.04. The van der Waals surface area contributed by atoms with Gasteiger partial charge in [-0.25, -0.2) is 0 Å². The molecule has 1 fully saturated rings. The van der Waals surface area contributed by atoms with E-state index < -0.39 is 6.10 Å². The van der Waals surface area contributed by atoms with Crippen molar-refractivity contribution in [2.24, 2.45) is 0 Å². The molecule has 1 saturated heterocycles. The lowest BCUT2D eigenvalue weighted by Gasteiger charge is -2.20. The van der Waals surface area contributed by atoms with Crippen molar-refractivity contribution < 1.29 is 15.0 Å². The third kappa shape index (κ3) is 4.54. The van der Waals surface area contributed by atoms with Crippen LogP contribution >= 0.6 is 0 Å². The number of Topliss-reactive ketones (excluding diaryl/α,β-unsaturated/α-hetero) is 1. The summed E-state index contributed by atoms with van der Waals surface area (Å²) in [5.74, 6) is -0.321. The van der Waals surface area contributed by atoms with Crippen molar-refractivity contribution in [3.63, 3.8) is 0 Å². The van der Waals surface area contributed by atoms with E-state index in [4.69, 9.17) is 5.11 Å². The van der Waals surface area contributed by atoms with Crippen LogP contribution in [0.4, 0.5) is 5.69 Å². The molecule has 5 nitrogen and oxygen atoms in total. The van der Waals surface area contributed by atoms with Crippen molar-refractivity contribution in [1.82, 2.24) is 0 Å². The Morgan fingerprint density at radius 2 is 2.04 bits per heavy atom. The minimum Gasteiger partial charge on any atom is -0.394 e. The third-order valence-corrected chi connectivity index (χ3v) is 4.98. The van der Waals surface area contributed by atoms with Crippen molar-refractivity contribution in [1.29, 1.82) is 5.26 Å². The number of fused-ring (bicyclic) bond motifs is 1. The van der Waals surface area contributed by atoms with Crippen LogP contribution in [0.5, 0.6) is 0 Å². The summed E-state index contributed by atoms with van der Waals surface area (Å²) in [6.07, 6.45) is 3.25. The number of hydrogen-bond donors (Lipinski definition) is 2. The SMILES string of the molecule is N#C/C(=C\c1ccc2cccc(N3CCCC3)c2c1)C(=O)CCC(O)CO. The van der Waals surface area contributed by atoms with E-state index in [2.05, 4.69) is 23.1 Å². The molecule has 3 rings (SSSR count). The van der Waals surface area contributed by atoms with E-state index in [0.717, 1.165) is 29.4 Å². The second-order valence-corrected chi connectivity index (χ2v) is 6.92. The number of ketones is 1. The van der Waals surface area contributed by atoms with Gasteiger partial charge in [0, 0.05) is 30.6 Å². The van der Waals surface area contributed by atoms with E-state index in [0.29, 0.717) is 0 Å². The van der Waals surface area contributed by atoms with Crippen molar-refractivity contribution in [2.45, 2.75) is 31.8 Å². The van der Waals surface area contributed by atoms with Gasteiger partial charge in [-0.1, -0.05) is 24.3 Å². The molecule has 2 aromatic carbocycles. The number of aliphatic hydroxyl groups excluding tert-OH is 2. The van der Waals surface area contributed by atoms with Gasteiger partial charge in [-0.3, -0.25) is 4.79 Å². The van der Waals surface area contributed by atoms with Gasteiger partial charge >= 0.3 is 0 Å². The number of nitriles is 1. The molecular formula is C22H24N2O3. The van der Waals surface area contributed by atoms with Gasteiger partial charge in [-0.2, -0.15) is 5.26 Å². The van der Waals surface area contributed by atoms with Crippen molar-refractivity contribution in [3.05, 3.63) is 47.5 Å². The van der Waals surface area contributed by atoms with Gasteiger partial charge in [0.25, 0.3) is 0 Å². The average molecular weight is 364 g/mol. The smallest absolute Gasteiger partial charge is 0.173 e. The summed E-state index contributed by atoms with van der Waals surface area (Å²) in [6, 6.07) is 14.1. The number of rotatable bonds is 7. The Morgan fingerprint density at radius 1 is 1.26 bits per heavy atom. The fourth-order valence-electron chi connectivity index (χ4n) is 3.46. The van der Waals surface area contributed by atoms with Crippen molar-refractivity contribution in [3.8, 4) is 6.07 Å². The Balaban J connectivity index is 1.89. The molecule has 2 N–H and O–H groups in total. The van der Waals surface area contributed by atoms with Crippen LogP contribution in [0.25, 0.3) is 16.8 Å². The molecule has 1 heterocycles. The Bertz CT molecular complexity index is 892. The zero-order chi connectivity index (χ0) is 19.2. The highest BCUT2D eigenvalue weighted by Gasteiger charge is 2.15. The second-order valence-electron chi connectivity index (χ2n) is 6.92. The first-order chi connectivity index (χ1) is 13.1. The Labute approximate surface area is 159 Å². The lowest BCUT2D eigenvalue weighted by molar-refractivity contribution is -0.115. The highest BCUT2D eigenvalue weighted by Crippen LogP contribution is 2.30. The number of anilines is 1. The summed E-state index contributed by atoms with van der Waals surface area (Å²) in [7, 11) is 0. The highest BCUT2D eigenvalue weighted by atomic mass is 16.3. The number of hydrogen-bond acceptors (Lipinski definition) is 5. The van der Waals surface area contributed by atoms with E-state index >= 15 is 0 Å². The van der Waals surface area contributed by atoms with Gasteiger partial charge in [0.05, 0.1) is 18.3 Å². The summed E-state index contributed by atoms with van der Waals surface area (Å²) in [4.78, 5) is 14.6. The van der Waals surface area contributed by atoms with Crippen molar-refractivity contribution >= 4 is 28.3 Å². The lowest BCUT2D eigenvalue weighted by atomic mass is 10.0. The van der Waals surface area contributed by atoms with Crippen LogP contribution in [0.15, 0.2) is 42.0 Å². The normalized spacial score (nSPS) is 15.7. The van der Waals surface area contributed by atoms with Crippen LogP contribution < -0.4 is 4.90 Å². The average Bonchev–Trinajstić information content (AvgIpc) is 3.23. The van der Waals surface area contributed by atoms with Gasteiger partial charge in [0.2, 0.25) is 0 Å². The minimum absolute atomic E-state index is 0.0354. The standard InChI is InChI=1S/C22H24N2O3/c23-14-18(22(27)9-8-19(26)15-25)12-16-6-7-17-4-3-5-21(20(17)13-16)24-10-1-2-11-24/h3-7,12-13,19,25-26H,1-2,8-11,15H2/b18-12+. The first kappa shape index (κ1) is 19.1. The summed E-state index contributed by atoms with van der Waals surface area (Å²) >= 11 is 0. The van der Waals surface area contributed by atoms with Crippen molar-refractivity contribution in [2.75, 3.05) is 24.6 Å². The van der Waals surface area contributed by atoms with E-state index in [9.17, 15) is 15.2 Å². The quantitative estimate of drug-likeness (QED) is 0.583. The molecular weight excluding hydrogens is 340 g/mol. The summed E-state index contributed by atoms with van der Waals surface area (Å²) < 4.78 is 0. The van der Waals surface area contributed by atoms with Crippen LogP contribution in [0.2, 0.25) is 0 Å². The van der Waals surface area contributed by atoms with E-state index in [-0.39, 0.29) is 30.8 Å². The fraction of sp³-hybridized carbons (Fsp3) is 0.364. The molecule has 0 aliphatic carbocycles. The lowest BCUT2D eigenvalue weighted by Crippen LogP contribution is -2.17. The number of nitrogens with zero attached hydrogens (tertiary/aromatic N) is 2. The topological polar surface area (TPSA) is 84.6 Å². The van der Waals surface area contributed by atoms with Crippen LogP contribution in [0.1, 0.15) is 31.2 Å². The molecule has 0 amide bonds. The first-order valence-electron chi connectivity index (χ1n) is 9.34. The number of carbonyl (C=O) groups excluding carboxylic acids is 1. The molecule has 5 heteroatoms. The maximum Gasteiger partial charge on any atom is 0.173 e. The first-order valence-corrected chi connectivity index (χ1v) is 9.34. The molecule has 1 atom stereocenters. The van der Waals surface area contributed by atoms with Gasteiger partial charge in [-0.15, -0.1) is 0 Å². The predicted octanol–water partition coefficient (Wildman–Crippen LogP) is 3.05. The number of benzene rings is 2. The Morgan fingerprint density at radius 3 is 2.74 bits per heavy atom. The number of carbonyl (C=O) groups is 1. The fourth-order valence-corrected chi connectivity index (χ4v) is 3.46. The van der Waals surface area contributed by atoms with Gasteiger partial charge in [0.1, 0.15) is 6.07 Å². The molecule has 0 aromatic heterocycles. The molecule has 1 aliphatic rings. The zero-order valence-electron chi connectivity index (χ0n) is 15.3. The largest absolute Gasteiger partial charge is 0.394 e. The van der Waals surface area contributed by atoms with Crippen LogP contribution in [-0.4, -0.2) is 41.8 Å². The second kappa shape index (κ2) is 8.81. The zero-order valence-corrected chi connectivity index (χ0v) is 15.3.